The van der Waals surface area contributed by atoms with Crippen molar-refractivity contribution in [1.82, 2.24) is 9.55 Å². The van der Waals surface area contributed by atoms with E-state index in [0.29, 0.717) is 33.2 Å². The molecule has 0 aliphatic rings. The maximum atomic E-state index is 11.2. The zero-order chi connectivity index (χ0) is 15.5. The molecule has 0 aliphatic carbocycles. The minimum absolute atomic E-state index is 0.397. The fraction of sp³-hybridized carbons (Fsp3) is 0.400. The third kappa shape index (κ3) is 4.39. The normalized spacial score (nSPS) is 14.4. The van der Waals surface area contributed by atoms with Crippen LogP contribution in [0.3, 0.4) is 0 Å². The molecule has 1 unspecified atom stereocenters. The van der Waals surface area contributed by atoms with Gasteiger partial charge in [0, 0.05) is 33.8 Å². The fourth-order valence-corrected chi connectivity index (χ4v) is 3.50. The number of halogens is 2. The maximum Gasteiger partial charge on any atom is 0.118 e. The summed E-state index contributed by atoms with van der Waals surface area (Å²) in [6, 6.07) is 5.21. The van der Waals surface area contributed by atoms with Crippen molar-refractivity contribution in [3.05, 3.63) is 52.5 Å². The van der Waals surface area contributed by atoms with E-state index in [2.05, 4.69) is 18.8 Å². The number of benzene rings is 1. The first-order valence-corrected chi connectivity index (χ1v) is 8.46. The van der Waals surface area contributed by atoms with Gasteiger partial charge < -0.3 is 9.67 Å². The average Bonchev–Trinajstić information content (AvgIpc) is 2.89. The molecule has 114 valence electrons. The van der Waals surface area contributed by atoms with Gasteiger partial charge in [0.1, 0.15) is 5.60 Å². The molecule has 1 N–H and O–H groups in total. The molecule has 1 heterocycles. The molecule has 3 nitrogen and oxygen atoms in total. The van der Waals surface area contributed by atoms with Crippen LogP contribution in [0.1, 0.15) is 19.4 Å². The van der Waals surface area contributed by atoms with E-state index in [1.54, 1.807) is 42.5 Å². The van der Waals surface area contributed by atoms with E-state index < -0.39 is 5.60 Å². The van der Waals surface area contributed by atoms with Crippen LogP contribution < -0.4 is 0 Å². The summed E-state index contributed by atoms with van der Waals surface area (Å²) in [7, 11) is 0. The molecular formula is C15H18Cl2N2OS. The molecule has 1 aromatic carbocycles. The molecule has 0 saturated heterocycles. The van der Waals surface area contributed by atoms with Crippen LogP contribution in [0.25, 0.3) is 0 Å². The molecule has 0 radical (unpaired) electrons. The first-order chi connectivity index (χ1) is 9.90. The Morgan fingerprint density at radius 3 is 2.71 bits per heavy atom. The van der Waals surface area contributed by atoms with Crippen LogP contribution >= 0.6 is 35.0 Å². The second-order valence-corrected chi connectivity index (χ2v) is 7.66. The molecule has 0 bridgehead atoms. The van der Waals surface area contributed by atoms with Crippen LogP contribution in [-0.2, 0) is 12.1 Å². The third-order valence-electron chi connectivity index (χ3n) is 3.09. The molecule has 2 rings (SSSR count). The molecule has 0 spiro atoms. The predicted molar refractivity (Wildman–Crippen MR) is 90.2 cm³/mol. The first-order valence-electron chi connectivity index (χ1n) is 6.66. The van der Waals surface area contributed by atoms with Crippen LogP contribution in [0.4, 0.5) is 0 Å². The fourth-order valence-electron chi connectivity index (χ4n) is 2.06. The van der Waals surface area contributed by atoms with Crippen LogP contribution in [0.2, 0.25) is 10.0 Å². The van der Waals surface area contributed by atoms with Gasteiger partial charge in [-0.3, -0.25) is 0 Å². The predicted octanol–water partition coefficient (Wildman–Crippen LogP) is 4.22. The second-order valence-electron chi connectivity index (χ2n) is 5.25. The monoisotopic (exact) mass is 344 g/mol. The van der Waals surface area contributed by atoms with Gasteiger partial charge in [-0.25, -0.2) is 4.98 Å². The van der Waals surface area contributed by atoms with Gasteiger partial charge in [0.25, 0.3) is 0 Å². The lowest BCUT2D eigenvalue weighted by molar-refractivity contribution is 0.0434. The molecule has 0 fully saturated rings. The van der Waals surface area contributed by atoms with Crippen molar-refractivity contribution in [2.24, 2.45) is 0 Å². The van der Waals surface area contributed by atoms with E-state index >= 15 is 0 Å². The lowest BCUT2D eigenvalue weighted by Gasteiger charge is -2.30. The van der Waals surface area contributed by atoms with Crippen LogP contribution in [0.15, 0.2) is 36.9 Å². The maximum absolute atomic E-state index is 11.2. The zero-order valence-corrected chi connectivity index (χ0v) is 14.3. The van der Waals surface area contributed by atoms with Gasteiger partial charge >= 0.3 is 0 Å². The summed E-state index contributed by atoms with van der Waals surface area (Å²) in [5, 5.41) is 12.6. The number of imidazole rings is 1. The van der Waals surface area contributed by atoms with E-state index in [0.717, 1.165) is 0 Å². The highest BCUT2D eigenvalue weighted by Crippen LogP contribution is 2.35. The summed E-state index contributed by atoms with van der Waals surface area (Å²) >= 11 is 13.9. The Bertz CT molecular complexity index is 589. The number of rotatable bonds is 6. The molecule has 1 aromatic heterocycles. The third-order valence-corrected chi connectivity index (χ3v) is 4.95. The molecule has 1 atom stereocenters. The largest absolute Gasteiger partial charge is 0.382 e. The lowest BCUT2D eigenvalue weighted by atomic mass is 9.95. The van der Waals surface area contributed by atoms with E-state index in [-0.39, 0.29) is 0 Å². The van der Waals surface area contributed by atoms with Crippen LogP contribution in [-0.4, -0.2) is 25.7 Å². The van der Waals surface area contributed by atoms with Crippen molar-refractivity contribution < 1.29 is 5.11 Å². The summed E-state index contributed by atoms with van der Waals surface area (Å²) in [5.74, 6) is 0.546. The van der Waals surface area contributed by atoms with Gasteiger partial charge in [-0.15, -0.1) is 0 Å². The number of thioether (sulfide) groups is 1. The van der Waals surface area contributed by atoms with Gasteiger partial charge in [0.15, 0.2) is 0 Å². The Balaban J connectivity index is 2.34. The Kier molecular flexibility index (Phi) is 5.60. The minimum Gasteiger partial charge on any atom is -0.382 e. The van der Waals surface area contributed by atoms with E-state index in [4.69, 9.17) is 23.2 Å². The van der Waals surface area contributed by atoms with Crippen molar-refractivity contribution in [3.63, 3.8) is 0 Å². The van der Waals surface area contributed by atoms with Gasteiger partial charge in [-0.05, 0) is 17.4 Å². The minimum atomic E-state index is -1.07. The summed E-state index contributed by atoms with van der Waals surface area (Å²) in [4.78, 5) is 4.02. The van der Waals surface area contributed by atoms with Crippen molar-refractivity contribution in [2.75, 3.05) is 5.75 Å². The summed E-state index contributed by atoms with van der Waals surface area (Å²) in [6.07, 6.45) is 5.21. The van der Waals surface area contributed by atoms with Gasteiger partial charge in [-0.2, -0.15) is 11.8 Å². The molecule has 2 aromatic rings. The van der Waals surface area contributed by atoms with Crippen molar-refractivity contribution in [3.8, 4) is 0 Å². The van der Waals surface area contributed by atoms with E-state index in [1.807, 2.05) is 10.8 Å². The highest BCUT2D eigenvalue weighted by Gasteiger charge is 2.32. The Labute approximate surface area is 139 Å². The number of aromatic nitrogens is 2. The Morgan fingerprint density at radius 2 is 2.14 bits per heavy atom. The molecule has 0 saturated carbocycles. The van der Waals surface area contributed by atoms with Gasteiger partial charge in [0.2, 0.25) is 0 Å². The number of aliphatic hydroxyl groups is 1. The topological polar surface area (TPSA) is 38.0 Å². The molecule has 21 heavy (non-hydrogen) atoms. The summed E-state index contributed by atoms with van der Waals surface area (Å²) < 4.78 is 1.85. The molecular weight excluding hydrogens is 327 g/mol. The Hall–Kier alpha value is -0.680. The molecule has 6 heteroatoms. The number of hydrogen-bond donors (Lipinski definition) is 1. The van der Waals surface area contributed by atoms with E-state index in [1.165, 1.54) is 0 Å². The quantitative estimate of drug-likeness (QED) is 0.852. The first kappa shape index (κ1) is 16.7. The molecule has 0 aliphatic heterocycles. The van der Waals surface area contributed by atoms with Gasteiger partial charge in [-0.1, -0.05) is 43.1 Å². The standard InChI is InChI=1S/C15H18Cl2N2OS/c1-11(2)21-9-15(20,8-19-6-5-18-10-19)13-4-3-12(16)7-14(13)17/h3-7,10-11,20H,8-9H2,1-2H3. The number of hydrogen-bond acceptors (Lipinski definition) is 3. The van der Waals surface area contributed by atoms with Crippen molar-refractivity contribution >= 4 is 35.0 Å². The van der Waals surface area contributed by atoms with Crippen molar-refractivity contribution in [2.45, 2.75) is 31.2 Å². The van der Waals surface area contributed by atoms with Crippen molar-refractivity contribution in [1.29, 1.82) is 0 Å². The van der Waals surface area contributed by atoms with Crippen LogP contribution in [0.5, 0.6) is 0 Å². The second kappa shape index (κ2) is 7.05. The SMILES string of the molecule is CC(C)SCC(O)(Cn1ccnc1)c1ccc(Cl)cc1Cl. The van der Waals surface area contributed by atoms with Crippen LogP contribution in [0, 0.1) is 0 Å². The van der Waals surface area contributed by atoms with E-state index in [9.17, 15) is 5.11 Å². The summed E-state index contributed by atoms with van der Waals surface area (Å²) in [5.41, 5.74) is -0.382. The summed E-state index contributed by atoms with van der Waals surface area (Å²) in [6.45, 7) is 4.60. The lowest BCUT2D eigenvalue weighted by Crippen LogP contribution is -2.34. The number of nitrogens with zero attached hydrogens (tertiary/aromatic N) is 2. The highest BCUT2D eigenvalue weighted by atomic mass is 35.5. The Morgan fingerprint density at radius 1 is 1.38 bits per heavy atom. The highest BCUT2D eigenvalue weighted by molar-refractivity contribution is 7.99. The van der Waals surface area contributed by atoms with Gasteiger partial charge in [0.05, 0.1) is 12.9 Å². The average molecular weight is 345 g/mol. The smallest absolute Gasteiger partial charge is 0.118 e. The molecule has 0 amide bonds. The zero-order valence-electron chi connectivity index (χ0n) is 12.0.